The van der Waals surface area contributed by atoms with Gasteiger partial charge in [0.1, 0.15) is 5.75 Å². The van der Waals surface area contributed by atoms with E-state index in [1.54, 1.807) is 18.3 Å². The highest BCUT2D eigenvalue weighted by molar-refractivity contribution is 7.22. The predicted molar refractivity (Wildman–Crippen MR) is 140 cm³/mol. The van der Waals surface area contributed by atoms with Crippen LogP contribution in [0.1, 0.15) is 12.8 Å². The molecule has 4 aromatic rings. The third-order valence-corrected chi connectivity index (χ3v) is 7.52. The van der Waals surface area contributed by atoms with Crippen LogP contribution < -0.4 is 15.4 Å². The lowest BCUT2D eigenvalue weighted by atomic mass is 10.3. The molecule has 1 aliphatic heterocycles. The highest BCUT2D eigenvalue weighted by atomic mass is 32.1. The number of urea groups is 1. The summed E-state index contributed by atoms with van der Waals surface area (Å²) in [6, 6.07) is 7.97. The smallest absolute Gasteiger partial charge is 0.319 e. The first-order valence-electron chi connectivity index (χ1n) is 12.4. The number of nitrogens with zero attached hydrogens (tertiary/aromatic N) is 4. The quantitative estimate of drug-likeness (QED) is 0.348. The van der Waals surface area contributed by atoms with Crippen LogP contribution in [0.15, 0.2) is 49.1 Å². The molecule has 6 rings (SSSR count). The number of pyridine rings is 1. The predicted octanol–water partition coefficient (Wildman–Crippen LogP) is 4.71. The van der Waals surface area contributed by atoms with Gasteiger partial charge in [0.05, 0.1) is 40.3 Å². The second kappa shape index (κ2) is 10.4. The zero-order valence-corrected chi connectivity index (χ0v) is 21.0. The molecule has 1 saturated heterocycles. The van der Waals surface area contributed by atoms with Crippen molar-refractivity contribution in [3.63, 3.8) is 0 Å². The maximum Gasteiger partial charge on any atom is 0.319 e. The Kier molecular flexibility index (Phi) is 6.73. The first kappa shape index (κ1) is 23.8. The summed E-state index contributed by atoms with van der Waals surface area (Å²) in [6.45, 7) is 5.31. The van der Waals surface area contributed by atoms with Crippen molar-refractivity contribution in [3.8, 4) is 22.1 Å². The van der Waals surface area contributed by atoms with Crippen LogP contribution in [0.5, 0.6) is 11.5 Å². The molecule has 3 aromatic heterocycles. The lowest BCUT2D eigenvalue weighted by molar-refractivity contribution is 0.0364. The number of aromatic nitrogens is 3. The standard InChI is InChI=1S/C26H27FN6O3S/c27-19-13-18(31-26(34)30-17-1-2-17)3-4-22(19)36-23-5-6-28-20-14-24(37-25(20)23)21-15-33(16-29-21)8-7-32-9-11-35-12-10-32/h3-6,13-17H,1-2,7-12H2,(H2,30,31,34). The molecule has 0 radical (unpaired) electrons. The van der Waals surface area contributed by atoms with Gasteiger partial charge in [-0.2, -0.15) is 0 Å². The Morgan fingerprint density at radius 3 is 2.81 bits per heavy atom. The third-order valence-electron chi connectivity index (χ3n) is 6.36. The van der Waals surface area contributed by atoms with Gasteiger partial charge in [0.2, 0.25) is 0 Å². The third kappa shape index (κ3) is 5.74. The summed E-state index contributed by atoms with van der Waals surface area (Å²) in [5.41, 5.74) is 1.99. The average Bonchev–Trinajstić information content (AvgIpc) is 3.39. The highest BCUT2D eigenvalue weighted by Crippen LogP contribution is 2.39. The number of halogens is 1. The van der Waals surface area contributed by atoms with Crippen LogP contribution in [0.4, 0.5) is 14.9 Å². The van der Waals surface area contributed by atoms with Crippen LogP contribution >= 0.6 is 11.3 Å². The molecule has 1 saturated carbocycles. The first-order chi connectivity index (χ1) is 18.1. The van der Waals surface area contributed by atoms with Crippen molar-refractivity contribution in [2.24, 2.45) is 0 Å². The van der Waals surface area contributed by atoms with Crippen LogP contribution in [0.2, 0.25) is 0 Å². The Bertz CT molecular complexity index is 1410. The number of imidazole rings is 1. The number of anilines is 1. The van der Waals surface area contributed by atoms with Gasteiger partial charge in [-0.15, -0.1) is 11.3 Å². The zero-order chi connectivity index (χ0) is 25.2. The van der Waals surface area contributed by atoms with E-state index in [2.05, 4.69) is 30.1 Å². The number of fused-ring (bicyclic) bond motifs is 1. The summed E-state index contributed by atoms with van der Waals surface area (Å²) >= 11 is 1.51. The maximum absolute atomic E-state index is 14.8. The fourth-order valence-electron chi connectivity index (χ4n) is 4.17. The van der Waals surface area contributed by atoms with Crippen molar-refractivity contribution >= 4 is 33.3 Å². The molecule has 0 atom stereocenters. The van der Waals surface area contributed by atoms with E-state index in [0.717, 1.165) is 73.0 Å². The Hall–Kier alpha value is -3.54. The van der Waals surface area contributed by atoms with E-state index in [-0.39, 0.29) is 17.8 Å². The van der Waals surface area contributed by atoms with Gasteiger partial charge in [-0.05, 0) is 31.0 Å². The molecule has 4 heterocycles. The number of benzene rings is 1. The lowest BCUT2D eigenvalue weighted by Gasteiger charge is -2.26. The van der Waals surface area contributed by atoms with E-state index >= 15 is 0 Å². The largest absolute Gasteiger partial charge is 0.453 e. The summed E-state index contributed by atoms with van der Waals surface area (Å²) < 4.78 is 29.1. The van der Waals surface area contributed by atoms with Crippen molar-refractivity contribution in [3.05, 3.63) is 54.9 Å². The molecule has 2 amide bonds. The minimum atomic E-state index is -0.565. The van der Waals surface area contributed by atoms with Crippen LogP contribution in [-0.4, -0.2) is 64.4 Å². The molecule has 0 bridgehead atoms. The monoisotopic (exact) mass is 522 g/mol. The van der Waals surface area contributed by atoms with Crippen molar-refractivity contribution in [1.82, 2.24) is 24.8 Å². The topological polar surface area (TPSA) is 93.5 Å². The fourth-order valence-corrected chi connectivity index (χ4v) is 5.20. The van der Waals surface area contributed by atoms with Crippen LogP contribution in [0, 0.1) is 5.82 Å². The molecule has 0 spiro atoms. The zero-order valence-electron chi connectivity index (χ0n) is 20.2. The number of morpholine rings is 1. The van der Waals surface area contributed by atoms with E-state index in [1.165, 1.54) is 23.5 Å². The molecule has 0 unspecified atom stereocenters. The number of ether oxygens (including phenoxy) is 2. The molecular formula is C26H27FN6O3S. The van der Waals surface area contributed by atoms with Gasteiger partial charge in [0, 0.05) is 62.4 Å². The molecule has 9 nitrogen and oxygen atoms in total. The van der Waals surface area contributed by atoms with Crippen molar-refractivity contribution in [1.29, 1.82) is 0 Å². The average molecular weight is 523 g/mol. The van der Waals surface area contributed by atoms with E-state index in [4.69, 9.17) is 9.47 Å². The van der Waals surface area contributed by atoms with Crippen molar-refractivity contribution < 1.29 is 18.7 Å². The van der Waals surface area contributed by atoms with Crippen LogP contribution in [0.25, 0.3) is 20.8 Å². The molecular weight excluding hydrogens is 495 g/mol. The lowest BCUT2D eigenvalue weighted by Crippen LogP contribution is -2.38. The highest BCUT2D eigenvalue weighted by Gasteiger charge is 2.23. The number of nitrogens with one attached hydrogen (secondary N) is 2. The minimum Gasteiger partial charge on any atom is -0.453 e. The Labute approximate surface area is 217 Å². The molecule has 1 aliphatic carbocycles. The van der Waals surface area contributed by atoms with E-state index in [9.17, 15) is 9.18 Å². The van der Waals surface area contributed by atoms with Crippen molar-refractivity contribution in [2.45, 2.75) is 25.4 Å². The van der Waals surface area contributed by atoms with Gasteiger partial charge in [0.15, 0.2) is 11.6 Å². The van der Waals surface area contributed by atoms with Gasteiger partial charge < -0.3 is 24.7 Å². The van der Waals surface area contributed by atoms with Gasteiger partial charge in [-0.3, -0.25) is 9.88 Å². The SMILES string of the molecule is O=C(Nc1ccc(Oc2ccnc3cc(-c4cn(CCN5CCOCC5)cn4)sc23)c(F)c1)NC1CC1. The second-order valence-corrected chi connectivity index (χ2v) is 10.3. The molecule has 1 aromatic carbocycles. The number of amides is 2. The molecule has 2 fully saturated rings. The fraction of sp³-hybridized carbons (Fsp3) is 0.346. The minimum absolute atomic E-state index is 0.0722. The summed E-state index contributed by atoms with van der Waals surface area (Å²) in [4.78, 5) is 24.3. The van der Waals surface area contributed by atoms with Crippen LogP contribution in [-0.2, 0) is 11.3 Å². The number of thiophene rings is 1. The summed E-state index contributed by atoms with van der Waals surface area (Å²) in [6.07, 6.45) is 7.49. The maximum atomic E-state index is 14.8. The molecule has 11 heteroatoms. The number of rotatable bonds is 8. The summed E-state index contributed by atoms with van der Waals surface area (Å²) in [5, 5.41) is 5.47. The molecule has 192 valence electrons. The van der Waals surface area contributed by atoms with Crippen LogP contribution in [0.3, 0.4) is 0 Å². The normalized spacial score (nSPS) is 16.1. The Morgan fingerprint density at radius 2 is 2.00 bits per heavy atom. The van der Waals surface area contributed by atoms with Gasteiger partial charge >= 0.3 is 6.03 Å². The number of carbonyl (C=O) groups excluding carboxylic acids is 1. The Morgan fingerprint density at radius 1 is 1.14 bits per heavy atom. The molecule has 2 N–H and O–H groups in total. The van der Waals surface area contributed by atoms with Gasteiger partial charge in [0.25, 0.3) is 0 Å². The van der Waals surface area contributed by atoms with Crippen molar-refractivity contribution in [2.75, 3.05) is 38.2 Å². The molecule has 2 aliphatic rings. The van der Waals surface area contributed by atoms with Gasteiger partial charge in [-0.25, -0.2) is 14.2 Å². The van der Waals surface area contributed by atoms with E-state index < -0.39 is 5.82 Å². The van der Waals surface area contributed by atoms with E-state index in [1.807, 2.05) is 18.6 Å². The first-order valence-corrected chi connectivity index (χ1v) is 13.2. The summed E-state index contributed by atoms with van der Waals surface area (Å²) in [7, 11) is 0. The number of hydrogen-bond donors (Lipinski definition) is 2. The van der Waals surface area contributed by atoms with Gasteiger partial charge in [-0.1, -0.05) is 0 Å². The van der Waals surface area contributed by atoms with E-state index in [0.29, 0.717) is 11.4 Å². The molecule has 37 heavy (non-hydrogen) atoms. The second-order valence-electron chi connectivity index (χ2n) is 9.20. The number of carbonyl (C=O) groups is 1. The number of hydrogen-bond acceptors (Lipinski definition) is 7. The summed E-state index contributed by atoms with van der Waals surface area (Å²) in [5.74, 6) is 0.0204. The Balaban J connectivity index is 1.15.